The Kier molecular flexibility index (Phi) is 5.69. The number of methoxy groups -OCH3 is 1. The van der Waals surface area contributed by atoms with Crippen LogP contribution in [-0.2, 0) is 27.2 Å². The number of Topliss-reactive ketones (excluding diaryl/α,β-unsaturated/α-hetero) is 1. The van der Waals surface area contributed by atoms with Crippen LogP contribution in [0.1, 0.15) is 17.5 Å². The molecule has 0 unspecified atom stereocenters. The lowest BCUT2D eigenvalue weighted by molar-refractivity contribution is -0.147. The zero-order chi connectivity index (χ0) is 18.4. The molecule has 0 saturated heterocycles. The maximum absolute atomic E-state index is 12.0. The van der Waals surface area contributed by atoms with Crippen molar-refractivity contribution in [3.8, 4) is 5.75 Å². The van der Waals surface area contributed by atoms with Gasteiger partial charge in [0.2, 0.25) is 0 Å². The minimum Gasteiger partial charge on any atom is -0.493 e. The van der Waals surface area contributed by atoms with Crippen LogP contribution < -0.4 is 4.74 Å². The van der Waals surface area contributed by atoms with Gasteiger partial charge in [-0.25, -0.2) is 0 Å². The molecule has 0 bridgehead atoms. The fourth-order valence-corrected chi connectivity index (χ4v) is 2.75. The second-order valence-electron chi connectivity index (χ2n) is 5.96. The third-order valence-corrected chi connectivity index (χ3v) is 4.13. The Labute approximate surface area is 151 Å². The molecule has 0 spiro atoms. The van der Waals surface area contributed by atoms with Gasteiger partial charge >= 0.3 is 5.97 Å². The van der Waals surface area contributed by atoms with Gasteiger partial charge in [-0.2, -0.15) is 0 Å². The van der Waals surface area contributed by atoms with Gasteiger partial charge in [-0.15, -0.1) is 0 Å². The number of aryl methyl sites for hydroxylation is 1. The molecule has 2 aromatic carbocycles. The molecule has 3 aromatic rings. The van der Waals surface area contributed by atoms with E-state index in [-0.39, 0.29) is 18.8 Å². The summed E-state index contributed by atoms with van der Waals surface area (Å²) in [4.78, 5) is 23.9. The first kappa shape index (κ1) is 17.7. The molecule has 0 fully saturated rings. The summed E-state index contributed by atoms with van der Waals surface area (Å²) in [6.07, 6.45) is 2.56. The highest BCUT2D eigenvalue weighted by Gasteiger charge is 2.15. The highest BCUT2D eigenvalue weighted by Crippen LogP contribution is 2.29. The van der Waals surface area contributed by atoms with Crippen molar-refractivity contribution in [2.24, 2.45) is 0 Å². The Morgan fingerprint density at radius 2 is 1.85 bits per heavy atom. The van der Waals surface area contributed by atoms with Crippen LogP contribution >= 0.6 is 0 Å². The summed E-state index contributed by atoms with van der Waals surface area (Å²) in [6.45, 7) is -0.204. The summed E-state index contributed by atoms with van der Waals surface area (Å²) in [5, 5.41) is 0.803. The van der Waals surface area contributed by atoms with E-state index in [1.807, 2.05) is 42.5 Å². The summed E-state index contributed by atoms with van der Waals surface area (Å²) in [5.74, 6) is 0.0581. The van der Waals surface area contributed by atoms with Crippen molar-refractivity contribution in [1.82, 2.24) is 0 Å². The molecule has 0 aliphatic heterocycles. The predicted molar refractivity (Wildman–Crippen MR) is 97.2 cm³/mol. The van der Waals surface area contributed by atoms with Gasteiger partial charge in [0.15, 0.2) is 17.1 Å². The van der Waals surface area contributed by atoms with Gasteiger partial charge in [0.05, 0.1) is 19.8 Å². The third-order valence-electron chi connectivity index (χ3n) is 4.13. The summed E-state index contributed by atoms with van der Waals surface area (Å²) in [5.41, 5.74) is 2.39. The van der Waals surface area contributed by atoms with E-state index in [0.717, 1.165) is 10.9 Å². The van der Waals surface area contributed by atoms with E-state index in [2.05, 4.69) is 0 Å². The SMILES string of the molecule is COc1cccc2c(CC(=O)OCC(=O)CCc3ccccc3)coc12. The number of para-hydroxylation sites is 1. The van der Waals surface area contributed by atoms with Gasteiger partial charge in [-0.1, -0.05) is 42.5 Å². The van der Waals surface area contributed by atoms with Crippen molar-refractivity contribution in [1.29, 1.82) is 0 Å². The molecular weight excluding hydrogens is 332 g/mol. The summed E-state index contributed by atoms with van der Waals surface area (Å²) in [6, 6.07) is 15.2. The minimum absolute atomic E-state index is 0.0478. The Hall–Kier alpha value is -3.08. The van der Waals surface area contributed by atoms with Crippen molar-refractivity contribution >= 4 is 22.7 Å². The number of fused-ring (bicyclic) bond motifs is 1. The van der Waals surface area contributed by atoms with Crippen LogP contribution in [0.5, 0.6) is 5.75 Å². The fraction of sp³-hybridized carbons (Fsp3) is 0.238. The van der Waals surface area contributed by atoms with E-state index in [9.17, 15) is 9.59 Å². The first-order valence-corrected chi connectivity index (χ1v) is 8.41. The van der Waals surface area contributed by atoms with Gasteiger partial charge < -0.3 is 13.9 Å². The van der Waals surface area contributed by atoms with E-state index in [1.165, 1.54) is 6.26 Å². The van der Waals surface area contributed by atoms with Crippen LogP contribution in [-0.4, -0.2) is 25.5 Å². The average molecular weight is 352 g/mol. The average Bonchev–Trinajstić information content (AvgIpc) is 3.08. The molecule has 0 atom stereocenters. The van der Waals surface area contributed by atoms with Crippen LogP contribution in [0.25, 0.3) is 11.0 Å². The Morgan fingerprint density at radius 3 is 2.62 bits per heavy atom. The second-order valence-corrected chi connectivity index (χ2v) is 5.96. The number of ether oxygens (including phenoxy) is 2. The van der Waals surface area contributed by atoms with Crippen LogP contribution in [0.2, 0.25) is 0 Å². The molecule has 1 aromatic heterocycles. The zero-order valence-corrected chi connectivity index (χ0v) is 14.6. The molecule has 0 amide bonds. The van der Waals surface area contributed by atoms with Gasteiger partial charge in [-0.05, 0) is 18.1 Å². The molecule has 0 radical (unpaired) electrons. The molecule has 0 aliphatic rings. The number of ketones is 1. The Bertz CT molecular complexity index is 895. The monoisotopic (exact) mass is 352 g/mol. The molecule has 0 saturated carbocycles. The quantitative estimate of drug-likeness (QED) is 0.578. The normalized spacial score (nSPS) is 10.7. The number of rotatable bonds is 8. The van der Waals surface area contributed by atoms with Gasteiger partial charge in [-0.3, -0.25) is 9.59 Å². The first-order valence-electron chi connectivity index (χ1n) is 8.41. The van der Waals surface area contributed by atoms with Crippen molar-refractivity contribution in [3.63, 3.8) is 0 Å². The van der Waals surface area contributed by atoms with Crippen LogP contribution in [0.4, 0.5) is 0 Å². The molecular formula is C21H20O5. The van der Waals surface area contributed by atoms with Gasteiger partial charge in [0.1, 0.15) is 6.61 Å². The standard InChI is InChI=1S/C21H20O5/c1-24-19-9-5-8-18-16(13-26-21(18)19)12-20(23)25-14-17(22)11-10-15-6-3-2-4-7-15/h2-9,13H,10-12,14H2,1H3. The molecule has 1 heterocycles. The van der Waals surface area contributed by atoms with Crippen molar-refractivity contribution in [2.75, 3.05) is 13.7 Å². The first-order chi connectivity index (χ1) is 12.7. The number of hydrogen-bond acceptors (Lipinski definition) is 5. The molecule has 0 aliphatic carbocycles. The lowest BCUT2D eigenvalue weighted by Gasteiger charge is -2.04. The van der Waals surface area contributed by atoms with Crippen molar-refractivity contribution in [2.45, 2.75) is 19.3 Å². The predicted octanol–water partition coefficient (Wildman–Crippen LogP) is 3.73. The third kappa shape index (κ3) is 4.30. The smallest absolute Gasteiger partial charge is 0.310 e. The number of carbonyl (C=O) groups is 2. The summed E-state index contributed by atoms with van der Waals surface area (Å²) < 4.78 is 15.8. The van der Waals surface area contributed by atoms with Crippen LogP contribution in [0.3, 0.4) is 0 Å². The molecule has 3 rings (SSSR count). The lowest BCUT2D eigenvalue weighted by Crippen LogP contribution is -2.15. The van der Waals surface area contributed by atoms with Gasteiger partial charge in [0, 0.05) is 17.4 Å². The molecule has 5 nitrogen and oxygen atoms in total. The maximum atomic E-state index is 12.0. The number of benzene rings is 2. The van der Waals surface area contributed by atoms with Crippen LogP contribution in [0, 0.1) is 0 Å². The largest absolute Gasteiger partial charge is 0.493 e. The number of esters is 1. The summed E-state index contributed by atoms with van der Waals surface area (Å²) in [7, 11) is 1.56. The summed E-state index contributed by atoms with van der Waals surface area (Å²) >= 11 is 0. The highest BCUT2D eigenvalue weighted by atomic mass is 16.5. The van der Waals surface area contributed by atoms with Crippen molar-refractivity contribution in [3.05, 3.63) is 65.9 Å². The van der Waals surface area contributed by atoms with E-state index >= 15 is 0 Å². The topological polar surface area (TPSA) is 65.7 Å². The molecule has 134 valence electrons. The zero-order valence-electron chi connectivity index (χ0n) is 14.6. The van der Waals surface area contributed by atoms with E-state index < -0.39 is 5.97 Å². The maximum Gasteiger partial charge on any atom is 0.310 e. The molecule has 5 heteroatoms. The molecule has 26 heavy (non-hydrogen) atoms. The Balaban J connectivity index is 1.51. The van der Waals surface area contributed by atoms with Crippen molar-refractivity contribution < 1.29 is 23.5 Å². The fourth-order valence-electron chi connectivity index (χ4n) is 2.75. The second kappa shape index (κ2) is 8.34. The van der Waals surface area contributed by atoms with E-state index in [4.69, 9.17) is 13.9 Å². The highest BCUT2D eigenvalue weighted by molar-refractivity contribution is 5.90. The lowest BCUT2D eigenvalue weighted by atomic mass is 10.1. The van der Waals surface area contributed by atoms with E-state index in [0.29, 0.717) is 29.7 Å². The minimum atomic E-state index is -0.455. The Morgan fingerprint density at radius 1 is 1.04 bits per heavy atom. The van der Waals surface area contributed by atoms with Crippen LogP contribution in [0.15, 0.2) is 59.2 Å². The number of furan rings is 1. The number of hydrogen-bond donors (Lipinski definition) is 0. The van der Waals surface area contributed by atoms with E-state index in [1.54, 1.807) is 13.2 Å². The molecule has 0 N–H and O–H groups in total. The number of carbonyl (C=O) groups excluding carboxylic acids is 2. The van der Waals surface area contributed by atoms with Gasteiger partial charge in [0.25, 0.3) is 0 Å².